The topological polar surface area (TPSA) is 9.23 Å². The van der Waals surface area contributed by atoms with Crippen LogP contribution in [-0.2, 0) is 0 Å². The fourth-order valence-corrected chi connectivity index (χ4v) is 2.03. The van der Waals surface area contributed by atoms with Crippen molar-refractivity contribution >= 4 is 11.8 Å². The minimum absolute atomic E-state index is 0.206. The van der Waals surface area contributed by atoms with E-state index in [1.807, 2.05) is 6.26 Å². The molecule has 1 nitrogen and oxygen atoms in total. The maximum atomic E-state index is 13.0. The lowest BCUT2D eigenvalue weighted by Crippen LogP contribution is -1.98. The first-order valence-corrected chi connectivity index (χ1v) is 6.96. The maximum absolute atomic E-state index is 13.0. The number of hydrogen-bond acceptors (Lipinski definition) is 2. The molecule has 0 heterocycles. The standard InChI is InChI=1S/C13H19FOS/c1-3-4-5-6-9-15-12-8-7-11(14)10-13(12)16-2/h7-8,10H,3-6,9H2,1-2H3. The smallest absolute Gasteiger partial charge is 0.133 e. The molecular formula is C13H19FOS. The van der Waals surface area contributed by atoms with Crippen LogP contribution < -0.4 is 4.74 Å². The highest BCUT2D eigenvalue weighted by Crippen LogP contribution is 2.28. The highest BCUT2D eigenvalue weighted by Gasteiger charge is 2.03. The van der Waals surface area contributed by atoms with Gasteiger partial charge in [0.2, 0.25) is 0 Å². The number of hydrogen-bond donors (Lipinski definition) is 0. The Morgan fingerprint density at radius 2 is 2.06 bits per heavy atom. The van der Waals surface area contributed by atoms with Gasteiger partial charge in [0.25, 0.3) is 0 Å². The molecule has 0 aliphatic heterocycles. The molecule has 0 radical (unpaired) electrons. The molecular weight excluding hydrogens is 223 g/mol. The van der Waals surface area contributed by atoms with Crippen LogP contribution in [0.2, 0.25) is 0 Å². The van der Waals surface area contributed by atoms with Crippen LogP contribution in [0.25, 0.3) is 0 Å². The highest BCUT2D eigenvalue weighted by atomic mass is 32.2. The number of halogens is 1. The predicted octanol–water partition coefficient (Wildman–Crippen LogP) is 4.51. The van der Waals surface area contributed by atoms with Gasteiger partial charge in [-0.1, -0.05) is 26.2 Å². The lowest BCUT2D eigenvalue weighted by molar-refractivity contribution is 0.298. The molecule has 0 saturated heterocycles. The summed E-state index contributed by atoms with van der Waals surface area (Å²) < 4.78 is 18.6. The molecule has 0 spiro atoms. The van der Waals surface area contributed by atoms with Crippen molar-refractivity contribution in [3.63, 3.8) is 0 Å². The Morgan fingerprint density at radius 3 is 2.75 bits per heavy atom. The van der Waals surface area contributed by atoms with Crippen LogP contribution in [0.4, 0.5) is 4.39 Å². The third kappa shape index (κ3) is 4.44. The molecule has 0 aliphatic rings. The molecule has 0 unspecified atom stereocenters. The van der Waals surface area contributed by atoms with Gasteiger partial charge in [-0.2, -0.15) is 0 Å². The summed E-state index contributed by atoms with van der Waals surface area (Å²) in [6.07, 6.45) is 6.68. The van der Waals surface area contributed by atoms with Crippen LogP contribution in [0.1, 0.15) is 32.6 Å². The Bertz CT molecular complexity index is 315. The molecule has 0 bridgehead atoms. The number of ether oxygens (including phenoxy) is 1. The summed E-state index contributed by atoms with van der Waals surface area (Å²) >= 11 is 1.51. The van der Waals surface area contributed by atoms with Crippen molar-refractivity contribution in [1.29, 1.82) is 0 Å². The van der Waals surface area contributed by atoms with Gasteiger partial charge in [0.1, 0.15) is 11.6 Å². The summed E-state index contributed by atoms with van der Waals surface area (Å²) in [4.78, 5) is 0.871. The third-order valence-electron chi connectivity index (χ3n) is 2.38. The molecule has 0 N–H and O–H groups in total. The lowest BCUT2D eigenvalue weighted by atomic mass is 10.2. The molecule has 90 valence electrons. The van der Waals surface area contributed by atoms with E-state index in [4.69, 9.17) is 4.74 Å². The van der Waals surface area contributed by atoms with E-state index in [9.17, 15) is 4.39 Å². The molecule has 1 aromatic carbocycles. The quantitative estimate of drug-likeness (QED) is 0.514. The van der Waals surface area contributed by atoms with Crippen molar-refractivity contribution < 1.29 is 9.13 Å². The van der Waals surface area contributed by atoms with Crippen LogP contribution in [0.3, 0.4) is 0 Å². The Labute approximate surface area is 101 Å². The van der Waals surface area contributed by atoms with Gasteiger partial charge in [-0.25, -0.2) is 4.39 Å². The van der Waals surface area contributed by atoms with Gasteiger partial charge in [-0.3, -0.25) is 0 Å². The van der Waals surface area contributed by atoms with Crippen LogP contribution in [0, 0.1) is 5.82 Å². The number of rotatable bonds is 7. The molecule has 0 aromatic heterocycles. The van der Waals surface area contributed by atoms with Crippen molar-refractivity contribution in [1.82, 2.24) is 0 Å². The lowest BCUT2D eigenvalue weighted by Gasteiger charge is -2.09. The Balaban J connectivity index is 2.41. The van der Waals surface area contributed by atoms with Gasteiger partial charge < -0.3 is 4.74 Å². The second-order valence-electron chi connectivity index (χ2n) is 3.70. The van der Waals surface area contributed by atoms with E-state index in [2.05, 4.69) is 6.92 Å². The van der Waals surface area contributed by atoms with Crippen molar-refractivity contribution in [3.8, 4) is 5.75 Å². The monoisotopic (exact) mass is 242 g/mol. The summed E-state index contributed by atoms with van der Waals surface area (Å²) in [5.74, 6) is 0.591. The van der Waals surface area contributed by atoms with E-state index in [0.29, 0.717) is 0 Å². The van der Waals surface area contributed by atoms with Crippen molar-refractivity contribution in [2.24, 2.45) is 0 Å². The average molecular weight is 242 g/mol. The van der Waals surface area contributed by atoms with E-state index in [0.717, 1.165) is 23.7 Å². The average Bonchev–Trinajstić information content (AvgIpc) is 2.30. The van der Waals surface area contributed by atoms with Gasteiger partial charge in [0, 0.05) is 0 Å². The zero-order valence-corrected chi connectivity index (χ0v) is 10.8. The minimum atomic E-state index is -0.206. The van der Waals surface area contributed by atoms with E-state index in [1.54, 1.807) is 6.07 Å². The van der Waals surface area contributed by atoms with Gasteiger partial charge >= 0.3 is 0 Å². The minimum Gasteiger partial charge on any atom is -0.492 e. The predicted molar refractivity (Wildman–Crippen MR) is 67.8 cm³/mol. The van der Waals surface area contributed by atoms with Crippen LogP contribution in [0.15, 0.2) is 23.1 Å². The largest absolute Gasteiger partial charge is 0.492 e. The zero-order valence-electron chi connectivity index (χ0n) is 9.96. The van der Waals surface area contributed by atoms with Crippen molar-refractivity contribution in [2.45, 2.75) is 37.5 Å². The Hall–Kier alpha value is -0.700. The highest BCUT2D eigenvalue weighted by molar-refractivity contribution is 7.98. The van der Waals surface area contributed by atoms with Crippen LogP contribution in [-0.4, -0.2) is 12.9 Å². The molecule has 3 heteroatoms. The van der Waals surface area contributed by atoms with E-state index < -0.39 is 0 Å². The molecule has 0 saturated carbocycles. The second-order valence-corrected chi connectivity index (χ2v) is 4.55. The summed E-state index contributed by atoms with van der Waals surface area (Å²) in [6, 6.07) is 4.67. The third-order valence-corrected chi connectivity index (χ3v) is 3.14. The molecule has 16 heavy (non-hydrogen) atoms. The maximum Gasteiger partial charge on any atom is 0.133 e. The van der Waals surface area contributed by atoms with E-state index in [-0.39, 0.29) is 5.82 Å². The van der Waals surface area contributed by atoms with Crippen molar-refractivity contribution in [2.75, 3.05) is 12.9 Å². The van der Waals surface area contributed by atoms with Gasteiger partial charge in [0.05, 0.1) is 11.5 Å². The van der Waals surface area contributed by atoms with Crippen molar-refractivity contribution in [3.05, 3.63) is 24.0 Å². The number of unbranched alkanes of at least 4 members (excludes halogenated alkanes) is 3. The number of thioether (sulfide) groups is 1. The second kappa shape index (κ2) is 7.55. The fourth-order valence-electron chi connectivity index (χ4n) is 1.47. The first-order chi connectivity index (χ1) is 7.77. The van der Waals surface area contributed by atoms with E-state index in [1.165, 1.54) is 43.2 Å². The first-order valence-electron chi connectivity index (χ1n) is 5.74. The molecule has 0 amide bonds. The van der Waals surface area contributed by atoms with Gasteiger partial charge in [-0.05, 0) is 30.9 Å². The molecule has 1 aromatic rings. The normalized spacial score (nSPS) is 10.4. The fraction of sp³-hybridized carbons (Fsp3) is 0.538. The Kier molecular flexibility index (Phi) is 6.31. The molecule has 0 atom stereocenters. The van der Waals surface area contributed by atoms with Gasteiger partial charge in [0.15, 0.2) is 0 Å². The van der Waals surface area contributed by atoms with Gasteiger partial charge in [-0.15, -0.1) is 11.8 Å². The van der Waals surface area contributed by atoms with Crippen LogP contribution in [0.5, 0.6) is 5.75 Å². The Morgan fingerprint density at radius 1 is 1.25 bits per heavy atom. The molecule has 0 aliphatic carbocycles. The summed E-state index contributed by atoms with van der Waals surface area (Å²) in [5, 5.41) is 0. The van der Waals surface area contributed by atoms with Crippen LogP contribution >= 0.6 is 11.8 Å². The molecule has 0 fully saturated rings. The zero-order chi connectivity index (χ0) is 11.8. The van der Waals surface area contributed by atoms with E-state index >= 15 is 0 Å². The summed E-state index contributed by atoms with van der Waals surface area (Å²) in [7, 11) is 0. The number of benzene rings is 1. The molecule has 1 rings (SSSR count). The first kappa shape index (κ1) is 13.4. The summed E-state index contributed by atoms with van der Waals surface area (Å²) in [6.45, 7) is 2.91. The SMILES string of the molecule is CCCCCCOc1ccc(F)cc1SC. The summed E-state index contributed by atoms with van der Waals surface area (Å²) in [5.41, 5.74) is 0.